The molecule has 1 fully saturated rings. The van der Waals surface area contributed by atoms with Crippen LogP contribution in [0.25, 0.3) is 22.8 Å². The zero-order chi connectivity index (χ0) is 26.8. The van der Waals surface area contributed by atoms with Crippen LogP contribution in [0.4, 0.5) is 0 Å². The lowest BCUT2D eigenvalue weighted by atomic mass is 9.74. The summed E-state index contributed by atoms with van der Waals surface area (Å²) in [6, 6.07) is 20.6. The van der Waals surface area contributed by atoms with Crippen LogP contribution >= 0.6 is 11.6 Å². The molecule has 0 bridgehead atoms. The normalized spacial score (nSPS) is 14.3. The third-order valence-electron chi connectivity index (χ3n) is 6.40. The molecule has 0 spiro atoms. The molecule has 4 rings (SSSR count). The number of hydrogen-bond donors (Lipinski definition) is 2. The largest absolute Gasteiger partial charge is 0.404 e. The molecule has 1 saturated carbocycles. The van der Waals surface area contributed by atoms with Crippen molar-refractivity contribution >= 4 is 40.6 Å². The van der Waals surface area contributed by atoms with E-state index in [1.54, 1.807) is 0 Å². The SMILES string of the molecule is C=C(C)/C=C/c1ccc(/C(=C(\c2ncccc2Cl)C2CCC2)c2ccc(/C(C=N)=C/N)cc2)cc1.CC. The second kappa shape index (κ2) is 13.6. The molecule has 190 valence electrons. The topological polar surface area (TPSA) is 62.8 Å². The summed E-state index contributed by atoms with van der Waals surface area (Å²) in [5.41, 5.74) is 14.8. The first-order chi connectivity index (χ1) is 18.0. The van der Waals surface area contributed by atoms with Crippen molar-refractivity contribution < 1.29 is 0 Å². The molecule has 1 aromatic heterocycles. The zero-order valence-electron chi connectivity index (χ0n) is 22.0. The van der Waals surface area contributed by atoms with Crippen LogP contribution in [0, 0.1) is 11.3 Å². The number of benzene rings is 2. The highest BCUT2D eigenvalue weighted by atomic mass is 35.5. The van der Waals surface area contributed by atoms with Gasteiger partial charge in [-0.2, -0.15) is 0 Å². The van der Waals surface area contributed by atoms with Crippen LogP contribution in [0.1, 0.15) is 68.0 Å². The van der Waals surface area contributed by atoms with Gasteiger partial charge >= 0.3 is 0 Å². The van der Waals surface area contributed by atoms with E-state index in [-0.39, 0.29) is 0 Å². The summed E-state index contributed by atoms with van der Waals surface area (Å²) in [4.78, 5) is 4.73. The van der Waals surface area contributed by atoms with Gasteiger partial charge in [0.2, 0.25) is 0 Å². The van der Waals surface area contributed by atoms with Gasteiger partial charge in [0, 0.05) is 24.2 Å². The first-order valence-corrected chi connectivity index (χ1v) is 13.2. The Morgan fingerprint density at radius 1 is 1.00 bits per heavy atom. The van der Waals surface area contributed by atoms with Crippen LogP contribution < -0.4 is 5.73 Å². The number of aromatic nitrogens is 1. The number of pyridine rings is 1. The molecule has 3 aromatic rings. The van der Waals surface area contributed by atoms with Gasteiger partial charge in [0.15, 0.2) is 0 Å². The van der Waals surface area contributed by atoms with Gasteiger partial charge in [-0.15, -0.1) is 0 Å². The molecule has 0 radical (unpaired) electrons. The lowest BCUT2D eigenvalue weighted by Gasteiger charge is -2.31. The highest BCUT2D eigenvalue weighted by Crippen LogP contribution is 2.46. The van der Waals surface area contributed by atoms with Crippen LogP contribution in [0.5, 0.6) is 0 Å². The summed E-state index contributed by atoms with van der Waals surface area (Å²) in [6.45, 7) is 9.93. The summed E-state index contributed by atoms with van der Waals surface area (Å²) in [6.07, 6.45) is 12.1. The molecule has 2 aromatic carbocycles. The molecule has 37 heavy (non-hydrogen) atoms. The first-order valence-electron chi connectivity index (χ1n) is 12.8. The van der Waals surface area contributed by atoms with E-state index in [0.717, 1.165) is 51.9 Å². The summed E-state index contributed by atoms with van der Waals surface area (Å²) < 4.78 is 0. The van der Waals surface area contributed by atoms with E-state index in [2.05, 4.69) is 49.1 Å². The van der Waals surface area contributed by atoms with Gasteiger partial charge in [-0.25, -0.2) is 0 Å². The Bertz CT molecular complexity index is 1310. The Hall–Kier alpha value is -3.69. The molecule has 0 unspecified atom stereocenters. The van der Waals surface area contributed by atoms with E-state index in [1.165, 1.54) is 24.4 Å². The monoisotopic (exact) mass is 509 g/mol. The van der Waals surface area contributed by atoms with Gasteiger partial charge < -0.3 is 11.1 Å². The second-order valence-electron chi connectivity index (χ2n) is 8.90. The van der Waals surface area contributed by atoms with E-state index < -0.39 is 0 Å². The predicted octanol–water partition coefficient (Wildman–Crippen LogP) is 9.06. The van der Waals surface area contributed by atoms with Gasteiger partial charge in [-0.3, -0.25) is 4.98 Å². The fourth-order valence-electron chi connectivity index (χ4n) is 4.33. The second-order valence-corrected chi connectivity index (χ2v) is 9.30. The molecular formula is C33H36ClN3. The highest BCUT2D eigenvalue weighted by Gasteiger charge is 2.29. The van der Waals surface area contributed by atoms with Crippen LogP contribution in [0.2, 0.25) is 5.02 Å². The summed E-state index contributed by atoms with van der Waals surface area (Å²) in [5.74, 6) is 0.404. The number of halogens is 1. The standard InChI is InChI=1S/C31H30ClN3.C2H6/c1-21(2)8-9-22-10-12-25(13-11-22)29(26-16-14-23(15-17-26)27(19-33)20-34)30(24-5-3-6-24)31-28(32)7-4-18-35-31;1-2/h4,7-20,24,33H,1,3,5-6,34H2,2H3;1-2H3/b9-8+,27-20+,30-29+,33-19?;. The lowest BCUT2D eigenvalue weighted by Crippen LogP contribution is -2.16. The summed E-state index contributed by atoms with van der Waals surface area (Å²) >= 11 is 6.70. The van der Waals surface area contributed by atoms with Gasteiger partial charge in [-0.1, -0.05) is 105 Å². The van der Waals surface area contributed by atoms with Crippen molar-refractivity contribution in [2.75, 3.05) is 0 Å². The molecule has 3 N–H and O–H groups in total. The average Bonchev–Trinajstić information content (AvgIpc) is 2.90. The Balaban J connectivity index is 0.00000186. The number of nitrogens with two attached hydrogens (primary N) is 1. The summed E-state index contributed by atoms with van der Waals surface area (Å²) in [5, 5.41) is 8.30. The van der Waals surface area contributed by atoms with Crippen molar-refractivity contribution in [3.8, 4) is 0 Å². The third kappa shape index (κ3) is 6.75. The fourth-order valence-corrected chi connectivity index (χ4v) is 4.55. The number of allylic oxidation sites excluding steroid dienone is 4. The minimum absolute atomic E-state index is 0.404. The number of rotatable bonds is 8. The first kappa shape index (κ1) is 27.9. The van der Waals surface area contributed by atoms with E-state index in [4.69, 9.17) is 27.7 Å². The molecule has 1 aliphatic rings. The Kier molecular flexibility index (Phi) is 10.2. The van der Waals surface area contributed by atoms with Crippen molar-refractivity contribution in [1.82, 2.24) is 4.98 Å². The van der Waals surface area contributed by atoms with Gasteiger partial charge in [0.1, 0.15) is 0 Å². The number of hydrogen-bond acceptors (Lipinski definition) is 3. The summed E-state index contributed by atoms with van der Waals surface area (Å²) in [7, 11) is 0. The van der Waals surface area contributed by atoms with Gasteiger partial charge in [0.25, 0.3) is 0 Å². The molecule has 1 heterocycles. The minimum Gasteiger partial charge on any atom is -0.404 e. The molecule has 4 heteroatoms. The quantitative estimate of drug-likeness (QED) is 0.235. The minimum atomic E-state index is 0.404. The van der Waals surface area contributed by atoms with Crippen molar-refractivity contribution in [2.24, 2.45) is 11.7 Å². The fraction of sp³-hybridized carbons (Fsp3) is 0.212. The maximum absolute atomic E-state index is 7.63. The van der Waals surface area contributed by atoms with Crippen molar-refractivity contribution in [2.45, 2.75) is 40.0 Å². The maximum atomic E-state index is 7.63. The van der Waals surface area contributed by atoms with E-state index in [1.807, 2.05) is 57.3 Å². The highest BCUT2D eigenvalue weighted by molar-refractivity contribution is 6.32. The van der Waals surface area contributed by atoms with E-state index in [9.17, 15) is 0 Å². The van der Waals surface area contributed by atoms with Crippen LogP contribution in [0.15, 0.2) is 91.3 Å². The van der Waals surface area contributed by atoms with Gasteiger partial charge in [0.05, 0.1) is 10.7 Å². The smallest absolute Gasteiger partial charge is 0.0856 e. The van der Waals surface area contributed by atoms with E-state index in [0.29, 0.717) is 16.5 Å². The molecule has 0 aliphatic heterocycles. The molecular weight excluding hydrogens is 474 g/mol. The molecule has 1 aliphatic carbocycles. The van der Waals surface area contributed by atoms with Crippen molar-refractivity contribution in [3.05, 3.63) is 124 Å². The van der Waals surface area contributed by atoms with Crippen LogP contribution in [-0.2, 0) is 0 Å². The molecule has 0 atom stereocenters. The number of nitrogens with one attached hydrogen (secondary N) is 1. The predicted molar refractivity (Wildman–Crippen MR) is 162 cm³/mol. The van der Waals surface area contributed by atoms with Gasteiger partial charge in [-0.05, 0) is 71.2 Å². The maximum Gasteiger partial charge on any atom is 0.0856 e. The van der Waals surface area contributed by atoms with Crippen LogP contribution in [-0.4, -0.2) is 11.2 Å². The lowest BCUT2D eigenvalue weighted by molar-refractivity contribution is 0.400. The third-order valence-corrected chi connectivity index (χ3v) is 6.70. The number of nitrogens with zero attached hydrogens (tertiary/aromatic N) is 1. The van der Waals surface area contributed by atoms with Crippen molar-refractivity contribution in [3.63, 3.8) is 0 Å². The molecule has 3 nitrogen and oxygen atoms in total. The Labute approximate surface area is 226 Å². The zero-order valence-corrected chi connectivity index (χ0v) is 22.7. The molecule has 0 amide bonds. The Morgan fingerprint density at radius 2 is 1.59 bits per heavy atom. The average molecular weight is 510 g/mol. The van der Waals surface area contributed by atoms with Crippen molar-refractivity contribution in [1.29, 1.82) is 5.41 Å². The molecule has 0 saturated heterocycles. The van der Waals surface area contributed by atoms with E-state index >= 15 is 0 Å². The van der Waals surface area contributed by atoms with Crippen LogP contribution in [0.3, 0.4) is 0 Å². The Morgan fingerprint density at radius 3 is 2.08 bits per heavy atom.